The second-order valence-corrected chi connectivity index (χ2v) is 11.1. The Morgan fingerprint density at radius 3 is 2.48 bits per heavy atom. The summed E-state index contributed by atoms with van der Waals surface area (Å²) in [4.78, 5) is 0. The summed E-state index contributed by atoms with van der Waals surface area (Å²) in [5.74, 6) is 0.584. The predicted octanol–water partition coefficient (Wildman–Crippen LogP) is 3.35. The summed E-state index contributed by atoms with van der Waals surface area (Å²) in [5, 5.41) is 0.705. The molecule has 0 N–H and O–H groups in total. The number of ether oxygens (including phenoxy) is 2. The third kappa shape index (κ3) is 4.12. The summed E-state index contributed by atoms with van der Waals surface area (Å²) in [7, 11) is -2.92. The van der Waals surface area contributed by atoms with Crippen molar-refractivity contribution in [3.05, 3.63) is 29.3 Å². The van der Waals surface area contributed by atoms with Gasteiger partial charge in [0.1, 0.15) is 19.0 Å². The summed E-state index contributed by atoms with van der Waals surface area (Å²) in [6, 6.07) is 5.90. The molecule has 6 nitrogen and oxygen atoms in total. The lowest BCUT2D eigenvalue weighted by molar-refractivity contribution is -0.136. The molecule has 1 spiro atoms. The molecule has 3 atom stereocenters. The lowest BCUT2D eigenvalue weighted by atomic mass is 9.78. The van der Waals surface area contributed by atoms with Crippen molar-refractivity contribution in [2.24, 2.45) is 11.8 Å². The lowest BCUT2D eigenvalue weighted by Gasteiger charge is -2.40. The number of hydrogen-bond donors (Lipinski definition) is 0. The molecular formula is C20H26BrF3N2O4S. The van der Waals surface area contributed by atoms with E-state index >= 15 is 0 Å². The molecule has 3 aliphatic rings. The molecule has 0 unspecified atom stereocenters. The molecule has 174 valence electrons. The molecule has 2 fully saturated rings. The monoisotopic (exact) mass is 526 g/mol. The van der Waals surface area contributed by atoms with E-state index in [9.17, 15) is 21.6 Å². The van der Waals surface area contributed by atoms with Crippen LogP contribution in [0.15, 0.2) is 18.2 Å². The van der Waals surface area contributed by atoms with Gasteiger partial charge < -0.3 is 9.47 Å². The van der Waals surface area contributed by atoms with Crippen LogP contribution in [0.4, 0.5) is 13.2 Å². The number of benzene rings is 1. The maximum Gasteiger partial charge on any atom is 0.402 e. The van der Waals surface area contributed by atoms with Gasteiger partial charge in [0.25, 0.3) is 10.2 Å². The molecule has 1 saturated carbocycles. The molecule has 1 saturated heterocycles. The normalized spacial score (nSPS) is 30.5. The molecule has 2 bridgehead atoms. The van der Waals surface area contributed by atoms with E-state index in [0.29, 0.717) is 29.1 Å². The van der Waals surface area contributed by atoms with E-state index in [1.807, 2.05) is 18.2 Å². The number of halogens is 4. The third-order valence-corrected chi connectivity index (χ3v) is 9.07. The van der Waals surface area contributed by atoms with Crippen LogP contribution in [0.25, 0.3) is 0 Å². The number of nitrogens with zero attached hydrogens (tertiary/aromatic N) is 2. The first-order valence-electron chi connectivity index (χ1n) is 10.3. The van der Waals surface area contributed by atoms with Crippen molar-refractivity contribution in [1.82, 2.24) is 8.61 Å². The van der Waals surface area contributed by atoms with Crippen molar-refractivity contribution in [2.75, 3.05) is 38.9 Å². The van der Waals surface area contributed by atoms with Crippen molar-refractivity contribution in [1.29, 1.82) is 0 Å². The average Bonchev–Trinajstić information content (AvgIpc) is 3.04. The minimum absolute atomic E-state index is 0.0729. The molecule has 31 heavy (non-hydrogen) atoms. The molecule has 0 amide bonds. The van der Waals surface area contributed by atoms with Crippen LogP contribution in [-0.4, -0.2) is 67.6 Å². The van der Waals surface area contributed by atoms with E-state index in [0.717, 1.165) is 29.7 Å². The highest BCUT2D eigenvalue weighted by Crippen LogP contribution is 2.55. The molecule has 0 radical (unpaired) electrons. The summed E-state index contributed by atoms with van der Waals surface area (Å²) in [6.45, 7) is -1.36. The number of methoxy groups -OCH3 is 1. The zero-order valence-electron chi connectivity index (χ0n) is 17.2. The number of fused-ring (bicyclic) bond motifs is 1. The molecule has 4 rings (SSSR count). The van der Waals surface area contributed by atoms with Gasteiger partial charge in [-0.2, -0.15) is 30.2 Å². The fourth-order valence-corrected chi connectivity index (χ4v) is 7.81. The molecular weight excluding hydrogens is 501 g/mol. The Hall–Kier alpha value is -0.880. The first-order valence-corrected chi connectivity index (χ1v) is 12.8. The van der Waals surface area contributed by atoms with Crippen molar-refractivity contribution in [3.8, 4) is 5.75 Å². The van der Waals surface area contributed by atoms with Gasteiger partial charge in [0.15, 0.2) is 0 Å². The maximum absolute atomic E-state index is 13.2. The fraction of sp³-hybridized carbons (Fsp3) is 0.700. The second kappa shape index (κ2) is 8.48. The quantitative estimate of drug-likeness (QED) is 0.533. The highest BCUT2D eigenvalue weighted by Gasteiger charge is 2.65. The number of alkyl halides is 4. The lowest BCUT2D eigenvalue weighted by Crippen LogP contribution is -2.55. The van der Waals surface area contributed by atoms with Crippen molar-refractivity contribution in [3.63, 3.8) is 0 Å². The third-order valence-electron chi connectivity index (χ3n) is 6.83. The van der Waals surface area contributed by atoms with Crippen LogP contribution in [0.3, 0.4) is 0 Å². The number of hydrogen-bond acceptors (Lipinski definition) is 4. The van der Waals surface area contributed by atoms with Crippen molar-refractivity contribution >= 4 is 26.1 Å². The Bertz CT molecular complexity index is 929. The Balaban J connectivity index is 1.72. The van der Waals surface area contributed by atoms with Gasteiger partial charge in [-0.15, -0.1) is 0 Å². The molecule has 2 aliphatic carbocycles. The van der Waals surface area contributed by atoms with E-state index in [1.54, 1.807) is 0 Å². The van der Waals surface area contributed by atoms with E-state index in [1.165, 1.54) is 11.4 Å². The largest absolute Gasteiger partial charge is 0.493 e. The Morgan fingerprint density at radius 2 is 1.87 bits per heavy atom. The van der Waals surface area contributed by atoms with Crippen LogP contribution >= 0.6 is 15.9 Å². The molecule has 0 aromatic heterocycles. The summed E-state index contributed by atoms with van der Waals surface area (Å²) in [6.07, 6.45) is -1.83. The summed E-state index contributed by atoms with van der Waals surface area (Å²) >= 11 is 3.34. The van der Waals surface area contributed by atoms with E-state index in [2.05, 4.69) is 15.9 Å². The standard InChI is InChI=1S/C20H26BrF3N2O4S/c1-29-13-26-19(11-25(31(26,27)28)12-20(22,23)24)16-3-4-17(19)9-15-10-18(30-7-6-21)5-2-14(15)8-16/h2,5,10,16-17H,3-4,6-9,11-13H2,1H3/t16-,17+,19-/m1/s1. The summed E-state index contributed by atoms with van der Waals surface area (Å²) in [5.41, 5.74) is 1.29. The van der Waals surface area contributed by atoms with Gasteiger partial charge in [0.05, 0.1) is 12.1 Å². The Labute approximate surface area is 189 Å². The van der Waals surface area contributed by atoms with E-state index in [4.69, 9.17) is 9.47 Å². The first kappa shape index (κ1) is 23.3. The minimum Gasteiger partial charge on any atom is -0.493 e. The van der Waals surface area contributed by atoms with Gasteiger partial charge in [-0.3, -0.25) is 0 Å². The van der Waals surface area contributed by atoms with Gasteiger partial charge in [-0.1, -0.05) is 22.0 Å². The van der Waals surface area contributed by atoms with Crippen LogP contribution < -0.4 is 4.74 Å². The van der Waals surface area contributed by atoms with Crippen LogP contribution in [-0.2, 0) is 27.8 Å². The van der Waals surface area contributed by atoms with Gasteiger partial charge in [0, 0.05) is 19.0 Å². The van der Waals surface area contributed by atoms with Crippen molar-refractivity contribution < 1.29 is 31.1 Å². The molecule has 11 heteroatoms. The minimum atomic E-state index is -4.61. The van der Waals surface area contributed by atoms with Crippen LogP contribution in [0.5, 0.6) is 5.75 Å². The molecule has 1 aliphatic heterocycles. The average molecular weight is 527 g/mol. The summed E-state index contributed by atoms with van der Waals surface area (Å²) < 4.78 is 78.6. The Morgan fingerprint density at radius 1 is 1.19 bits per heavy atom. The van der Waals surface area contributed by atoms with Crippen LogP contribution in [0.1, 0.15) is 24.0 Å². The van der Waals surface area contributed by atoms with E-state index in [-0.39, 0.29) is 25.1 Å². The van der Waals surface area contributed by atoms with Crippen molar-refractivity contribution in [2.45, 2.75) is 37.4 Å². The zero-order chi connectivity index (χ0) is 22.4. The van der Waals surface area contributed by atoms with Crippen LogP contribution in [0, 0.1) is 11.8 Å². The predicted molar refractivity (Wildman–Crippen MR) is 112 cm³/mol. The molecule has 1 heterocycles. The fourth-order valence-electron chi connectivity index (χ4n) is 5.67. The van der Waals surface area contributed by atoms with Gasteiger partial charge in [-0.05, 0) is 60.8 Å². The van der Waals surface area contributed by atoms with Gasteiger partial charge >= 0.3 is 6.18 Å². The number of rotatable bonds is 6. The first-order chi connectivity index (χ1) is 14.6. The van der Waals surface area contributed by atoms with E-state index < -0.39 is 28.5 Å². The highest BCUT2D eigenvalue weighted by molar-refractivity contribution is 9.09. The molecule has 1 aromatic carbocycles. The smallest absolute Gasteiger partial charge is 0.402 e. The topological polar surface area (TPSA) is 59.1 Å². The van der Waals surface area contributed by atoms with Gasteiger partial charge in [-0.25, -0.2) is 0 Å². The maximum atomic E-state index is 13.2. The van der Waals surface area contributed by atoms with Crippen LogP contribution in [0.2, 0.25) is 0 Å². The SMILES string of the molecule is COCN1[C@]2(CN(CC(F)(F)F)S1(=O)=O)[C@@H]1CC[C@H]2Cc2cc(OCCBr)ccc2C1. The zero-order valence-corrected chi connectivity index (χ0v) is 19.6. The molecule has 1 aromatic rings. The second-order valence-electron chi connectivity index (χ2n) is 8.50. The highest BCUT2D eigenvalue weighted by atomic mass is 79.9. The van der Waals surface area contributed by atoms with Gasteiger partial charge in [0.2, 0.25) is 0 Å². The Kier molecular flexibility index (Phi) is 6.37.